The largest absolute Gasteiger partial charge is 0.296 e. The number of pyridine rings is 1. The summed E-state index contributed by atoms with van der Waals surface area (Å²) in [5.74, 6) is 0.306. The summed E-state index contributed by atoms with van der Waals surface area (Å²) in [5.41, 5.74) is 1.23. The molecule has 0 aliphatic heterocycles. The summed E-state index contributed by atoms with van der Waals surface area (Å²) < 4.78 is 22.8. The van der Waals surface area contributed by atoms with Crippen LogP contribution in [0, 0.1) is 6.92 Å². The highest BCUT2D eigenvalue weighted by Crippen LogP contribution is 2.15. The number of aryl methyl sites for hydroxylation is 1. The molecule has 0 aliphatic rings. The van der Waals surface area contributed by atoms with Gasteiger partial charge >= 0.3 is 0 Å². The minimum Gasteiger partial charge on any atom is -0.296 e. The summed E-state index contributed by atoms with van der Waals surface area (Å²) in [4.78, 5) is 18.3. The van der Waals surface area contributed by atoms with E-state index in [1.807, 2.05) is 19.1 Å². The highest BCUT2D eigenvalue weighted by atomic mass is 32.2. The molecule has 1 amide bonds. The number of rotatable bonds is 3. The highest BCUT2D eigenvalue weighted by Gasteiger charge is 2.15. The second-order valence-electron chi connectivity index (χ2n) is 4.80. The normalized spacial score (nSPS) is 11.2. The van der Waals surface area contributed by atoms with Crippen molar-refractivity contribution in [2.45, 2.75) is 11.8 Å². The minimum atomic E-state index is -3.26. The maximum Gasteiger partial charge on any atom is 0.259 e. The molecule has 6 heteroatoms. The standard InChI is InChI=1S/C15H16N2O3S/c1-11-5-4-6-14(16-11)17(2)15(18)12-7-9-13(10-8-12)21(3,19)20/h4-10H,1-3H3. The van der Waals surface area contributed by atoms with Gasteiger partial charge in [-0.1, -0.05) is 6.07 Å². The molecule has 0 spiro atoms. The van der Waals surface area contributed by atoms with Crippen molar-refractivity contribution in [3.05, 3.63) is 53.7 Å². The molecule has 0 N–H and O–H groups in total. The third-order valence-corrected chi connectivity index (χ3v) is 4.18. The molecule has 1 aromatic carbocycles. The molecule has 0 fully saturated rings. The Balaban J connectivity index is 2.28. The molecule has 0 aliphatic carbocycles. The second kappa shape index (κ2) is 5.65. The van der Waals surface area contributed by atoms with Gasteiger partial charge in [0.05, 0.1) is 4.90 Å². The number of hydrogen-bond acceptors (Lipinski definition) is 4. The molecule has 0 bridgehead atoms. The van der Waals surface area contributed by atoms with Gasteiger partial charge in [0, 0.05) is 24.6 Å². The van der Waals surface area contributed by atoms with Crippen LogP contribution in [0.25, 0.3) is 0 Å². The quantitative estimate of drug-likeness (QED) is 0.870. The Hall–Kier alpha value is -2.21. The lowest BCUT2D eigenvalue weighted by Crippen LogP contribution is -2.27. The molecule has 0 unspecified atom stereocenters. The Morgan fingerprint density at radius 1 is 1.10 bits per heavy atom. The molecule has 0 radical (unpaired) electrons. The predicted octanol–water partition coefficient (Wildman–Crippen LogP) is 2.07. The van der Waals surface area contributed by atoms with Gasteiger partial charge in [0.1, 0.15) is 5.82 Å². The van der Waals surface area contributed by atoms with E-state index in [0.29, 0.717) is 11.4 Å². The Labute approximate surface area is 124 Å². The Kier molecular flexibility index (Phi) is 4.09. The maximum atomic E-state index is 12.4. The monoisotopic (exact) mass is 304 g/mol. The van der Waals surface area contributed by atoms with E-state index in [1.165, 1.54) is 29.2 Å². The van der Waals surface area contributed by atoms with Crippen LogP contribution >= 0.6 is 0 Å². The number of carbonyl (C=O) groups excluding carboxylic acids is 1. The lowest BCUT2D eigenvalue weighted by Gasteiger charge is -2.16. The van der Waals surface area contributed by atoms with E-state index in [1.54, 1.807) is 13.1 Å². The van der Waals surface area contributed by atoms with E-state index in [0.717, 1.165) is 11.9 Å². The zero-order valence-electron chi connectivity index (χ0n) is 12.1. The van der Waals surface area contributed by atoms with Crippen LogP contribution in [0.1, 0.15) is 16.1 Å². The van der Waals surface area contributed by atoms with Gasteiger partial charge in [0.2, 0.25) is 0 Å². The fourth-order valence-corrected chi connectivity index (χ4v) is 2.49. The lowest BCUT2D eigenvalue weighted by atomic mass is 10.2. The number of carbonyl (C=O) groups is 1. The van der Waals surface area contributed by atoms with Crippen LogP contribution < -0.4 is 4.90 Å². The molecular weight excluding hydrogens is 288 g/mol. The number of hydrogen-bond donors (Lipinski definition) is 0. The van der Waals surface area contributed by atoms with Crippen molar-refractivity contribution >= 4 is 21.6 Å². The summed E-state index contributed by atoms with van der Waals surface area (Å²) in [6, 6.07) is 11.3. The molecule has 1 heterocycles. The number of benzene rings is 1. The molecule has 0 saturated heterocycles. The van der Waals surface area contributed by atoms with Crippen LogP contribution in [0.2, 0.25) is 0 Å². The van der Waals surface area contributed by atoms with E-state index in [2.05, 4.69) is 4.98 Å². The van der Waals surface area contributed by atoms with Crippen molar-refractivity contribution in [2.24, 2.45) is 0 Å². The molecule has 2 rings (SSSR count). The van der Waals surface area contributed by atoms with Crippen LogP contribution in [0.3, 0.4) is 0 Å². The van der Waals surface area contributed by atoms with Crippen LogP contribution in [-0.2, 0) is 9.84 Å². The molecule has 2 aromatic rings. The van der Waals surface area contributed by atoms with Gasteiger partial charge in [-0.15, -0.1) is 0 Å². The molecule has 21 heavy (non-hydrogen) atoms. The molecule has 1 aromatic heterocycles. The SMILES string of the molecule is Cc1cccc(N(C)C(=O)c2ccc(S(C)(=O)=O)cc2)n1. The summed E-state index contributed by atoms with van der Waals surface area (Å²) in [6.07, 6.45) is 1.13. The summed E-state index contributed by atoms with van der Waals surface area (Å²) >= 11 is 0. The van der Waals surface area contributed by atoms with Crippen molar-refractivity contribution in [1.29, 1.82) is 0 Å². The first-order valence-corrected chi connectivity index (χ1v) is 8.20. The first kappa shape index (κ1) is 15.2. The van der Waals surface area contributed by atoms with Gasteiger partial charge in [-0.05, 0) is 43.3 Å². The van der Waals surface area contributed by atoms with E-state index in [4.69, 9.17) is 0 Å². The minimum absolute atomic E-state index is 0.190. The average Bonchev–Trinajstić information content (AvgIpc) is 2.45. The first-order chi connectivity index (χ1) is 9.79. The summed E-state index contributed by atoms with van der Waals surface area (Å²) in [6.45, 7) is 1.85. The van der Waals surface area contributed by atoms with Gasteiger partial charge in [0.15, 0.2) is 9.84 Å². The number of amides is 1. The van der Waals surface area contributed by atoms with Crippen LogP contribution in [0.4, 0.5) is 5.82 Å². The maximum absolute atomic E-state index is 12.4. The highest BCUT2D eigenvalue weighted by molar-refractivity contribution is 7.90. The number of aromatic nitrogens is 1. The third kappa shape index (κ3) is 3.46. The fraction of sp³-hybridized carbons (Fsp3) is 0.200. The zero-order valence-corrected chi connectivity index (χ0v) is 12.9. The number of sulfone groups is 1. The van der Waals surface area contributed by atoms with Crippen molar-refractivity contribution < 1.29 is 13.2 Å². The zero-order chi connectivity index (χ0) is 15.6. The number of nitrogens with zero attached hydrogens (tertiary/aromatic N) is 2. The predicted molar refractivity (Wildman–Crippen MR) is 81.3 cm³/mol. The molecule has 0 saturated carbocycles. The van der Waals surface area contributed by atoms with Gasteiger partial charge in [-0.2, -0.15) is 0 Å². The molecule has 5 nitrogen and oxygen atoms in total. The number of anilines is 1. The van der Waals surface area contributed by atoms with Crippen molar-refractivity contribution in [2.75, 3.05) is 18.2 Å². The summed E-state index contributed by atoms with van der Waals surface area (Å²) in [7, 11) is -1.63. The van der Waals surface area contributed by atoms with Crippen LogP contribution in [-0.4, -0.2) is 32.6 Å². The van der Waals surface area contributed by atoms with E-state index in [-0.39, 0.29) is 10.8 Å². The third-order valence-electron chi connectivity index (χ3n) is 3.05. The Morgan fingerprint density at radius 2 is 1.71 bits per heavy atom. The Morgan fingerprint density at radius 3 is 2.24 bits per heavy atom. The van der Waals surface area contributed by atoms with Crippen LogP contribution in [0.5, 0.6) is 0 Å². The van der Waals surface area contributed by atoms with Crippen molar-refractivity contribution in [3.8, 4) is 0 Å². The fourth-order valence-electron chi connectivity index (χ4n) is 1.86. The smallest absolute Gasteiger partial charge is 0.259 e. The molecule has 110 valence electrons. The average molecular weight is 304 g/mol. The first-order valence-electron chi connectivity index (χ1n) is 6.31. The molecular formula is C15H16N2O3S. The van der Waals surface area contributed by atoms with Gasteiger partial charge in [-0.3, -0.25) is 9.69 Å². The topological polar surface area (TPSA) is 67.3 Å². The van der Waals surface area contributed by atoms with E-state index >= 15 is 0 Å². The summed E-state index contributed by atoms with van der Waals surface area (Å²) in [5, 5.41) is 0. The van der Waals surface area contributed by atoms with Crippen LogP contribution in [0.15, 0.2) is 47.4 Å². The van der Waals surface area contributed by atoms with Crippen molar-refractivity contribution in [1.82, 2.24) is 4.98 Å². The molecule has 0 atom stereocenters. The second-order valence-corrected chi connectivity index (χ2v) is 6.81. The van der Waals surface area contributed by atoms with Gasteiger partial charge < -0.3 is 0 Å². The Bertz CT molecular complexity index is 768. The van der Waals surface area contributed by atoms with E-state index < -0.39 is 9.84 Å². The van der Waals surface area contributed by atoms with Crippen molar-refractivity contribution in [3.63, 3.8) is 0 Å². The van der Waals surface area contributed by atoms with Gasteiger partial charge in [0.25, 0.3) is 5.91 Å². The lowest BCUT2D eigenvalue weighted by molar-refractivity contribution is 0.0992. The van der Waals surface area contributed by atoms with Gasteiger partial charge in [-0.25, -0.2) is 13.4 Å². The van der Waals surface area contributed by atoms with E-state index in [9.17, 15) is 13.2 Å².